The second kappa shape index (κ2) is 5.06. The van der Waals surface area contributed by atoms with Gasteiger partial charge in [0.05, 0.1) is 19.1 Å². The Hall–Kier alpha value is -1.74. The third-order valence-electron chi connectivity index (χ3n) is 2.85. The molecule has 0 fully saturated rings. The fourth-order valence-corrected chi connectivity index (χ4v) is 1.99. The maximum absolute atomic E-state index is 9.07. The Bertz CT molecular complexity index is 477. The molecular weight excluding hydrogens is 214 g/mol. The van der Waals surface area contributed by atoms with Crippen molar-refractivity contribution < 1.29 is 9.52 Å². The summed E-state index contributed by atoms with van der Waals surface area (Å²) in [5.74, 6) is 0. The van der Waals surface area contributed by atoms with E-state index in [2.05, 4.69) is 11.8 Å². The zero-order chi connectivity index (χ0) is 12.3. The molecular formula is C14H17NO2. The Morgan fingerprint density at radius 1 is 1.24 bits per heavy atom. The predicted molar refractivity (Wildman–Crippen MR) is 67.9 cm³/mol. The van der Waals surface area contributed by atoms with Crippen LogP contribution in [0.5, 0.6) is 0 Å². The van der Waals surface area contributed by atoms with Crippen molar-refractivity contribution >= 4 is 5.69 Å². The summed E-state index contributed by atoms with van der Waals surface area (Å²) in [6.07, 6.45) is 3.44. The highest BCUT2D eigenvalue weighted by Gasteiger charge is 2.06. The van der Waals surface area contributed by atoms with E-state index < -0.39 is 0 Å². The van der Waals surface area contributed by atoms with Crippen LogP contribution < -0.4 is 4.90 Å². The first-order valence-electron chi connectivity index (χ1n) is 5.63. The minimum Gasteiger partial charge on any atom is -0.472 e. The van der Waals surface area contributed by atoms with Gasteiger partial charge in [-0.25, -0.2) is 0 Å². The zero-order valence-corrected chi connectivity index (χ0v) is 10.2. The fraction of sp³-hybridized carbons (Fsp3) is 0.286. The summed E-state index contributed by atoms with van der Waals surface area (Å²) >= 11 is 0. The van der Waals surface area contributed by atoms with Gasteiger partial charge in [-0.15, -0.1) is 0 Å². The van der Waals surface area contributed by atoms with E-state index in [0.29, 0.717) is 0 Å². The van der Waals surface area contributed by atoms with Crippen molar-refractivity contribution in [2.45, 2.75) is 20.1 Å². The highest BCUT2D eigenvalue weighted by atomic mass is 16.3. The van der Waals surface area contributed by atoms with Crippen LogP contribution in [0.4, 0.5) is 5.69 Å². The molecule has 17 heavy (non-hydrogen) atoms. The second-order valence-electron chi connectivity index (χ2n) is 4.27. The maximum atomic E-state index is 9.07. The summed E-state index contributed by atoms with van der Waals surface area (Å²) in [6, 6.07) is 7.98. The Balaban J connectivity index is 2.16. The molecule has 90 valence electrons. The SMILES string of the molecule is Cc1cc(CO)ccc1N(C)Cc1ccoc1. The molecule has 0 radical (unpaired) electrons. The van der Waals surface area contributed by atoms with Crippen LogP contribution >= 0.6 is 0 Å². The number of nitrogens with zero attached hydrogens (tertiary/aromatic N) is 1. The second-order valence-corrected chi connectivity index (χ2v) is 4.27. The van der Waals surface area contributed by atoms with Crippen molar-refractivity contribution in [1.29, 1.82) is 0 Å². The molecule has 1 aromatic heterocycles. The van der Waals surface area contributed by atoms with Gasteiger partial charge < -0.3 is 14.4 Å². The van der Waals surface area contributed by atoms with Gasteiger partial charge in [-0.3, -0.25) is 0 Å². The molecule has 0 aliphatic heterocycles. The third kappa shape index (κ3) is 2.68. The fourth-order valence-electron chi connectivity index (χ4n) is 1.99. The van der Waals surface area contributed by atoms with E-state index in [4.69, 9.17) is 9.52 Å². The number of benzene rings is 1. The Labute approximate surface area is 101 Å². The third-order valence-corrected chi connectivity index (χ3v) is 2.85. The van der Waals surface area contributed by atoms with Gasteiger partial charge in [0.2, 0.25) is 0 Å². The van der Waals surface area contributed by atoms with E-state index in [1.165, 1.54) is 11.3 Å². The van der Waals surface area contributed by atoms with Gasteiger partial charge in [-0.1, -0.05) is 12.1 Å². The summed E-state index contributed by atoms with van der Waals surface area (Å²) in [5.41, 5.74) is 4.44. The van der Waals surface area contributed by atoms with Gasteiger partial charge >= 0.3 is 0 Å². The Morgan fingerprint density at radius 2 is 2.06 bits per heavy atom. The lowest BCUT2D eigenvalue weighted by Crippen LogP contribution is -2.17. The van der Waals surface area contributed by atoms with E-state index in [-0.39, 0.29) is 6.61 Å². The normalized spacial score (nSPS) is 10.5. The average molecular weight is 231 g/mol. The van der Waals surface area contributed by atoms with Crippen molar-refractivity contribution in [2.24, 2.45) is 0 Å². The highest BCUT2D eigenvalue weighted by molar-refractivity contribution is 5.54. The summed E-state index contributed by atoms with van der Waals surface area (Å²) in [6.45, 7) is 2.96. The van der Waals surface area contributed by atoms with Crippen LogP contribution in [0.1, 0.15) is 16.7 Å². The molecule has 0 spiro atoms. The molecule has 1 N–H and O–H groups in total. The summed E-state index contributed by atoms with van der Waals surface area (Å²) in [4.78, 5) is 2.17. The molecule has 3 nitrogen and oxygen atoms in total. The van der Waals surface area contributed by atoms with Crippen LogP contribution in [0, 0.1) is 6.92 Å². The van der Waals surface area contributed by atoms with E-state index in [9.17, 15) is 0 Å². The van der Waals surface area contributed by atoms with Crippen molar-refractivity contribution in [1.82, 2.24) is 0 Å². The molecule has 2 aromatic rings. The zero-order valence-electron chi connectivity index (χ0n) is 10.2. The molecule has 2 rings (SSSR count). The van der Waals surface area contributed by atoms with Gasteiger partial charge in [0.15, 0.2) is 0 Å². The quantitative estimate of drug-likeness (QED) is 0.879. The average Bonchev–Trinajstić information content (AvgIpc) is 2.81. The Morgan fingerprint density at radius 3 is 2.65 bits per heavy atom. The monoisotopic (exact) mass is 231 g/mol. The van der Waals surface area contributed by atoms with Crippen LogP contribution in [-0.4, -0.2) is 12.2 Å². The van der Waals surface area contributed by atoms with Crippen LogP contribution in [-0.2, 0) is 13.2 Å². The number of hydrogen-bond acceptors (Lipinski definition) is 3. The van der Waals surface area contributed by atoms with Crippen LogP contribution in [0.15, 0.2) is 41.2 Å². The van der Waals surface area contributed by atoms with Gasteiger partial charge in [-0.2, -0.15) is 0 Å². The molecule has 3 heteroatoms. The first-order valence-corrected chi connectivity index (χ1v) is 5.63. The first kappa shape index (κ1) is 11.7. The number of anilines is 1. The predicted octanol–water partition coefficient (Wildman–Crippen LogP) is 2.72. The maximum Gasteiger partial charge on any atom is 0.0952 e. The lowest BCUT2D eigenvalue weighted by atomic mass is 10.1. The number of aryl methyl sites for hydroxylation is 1. The van der Waals surface area contributed by atoms with Crippen LogP contribution in [0.25, 0.3) is 0 Å². The van der Waals surface area contributed by atoms with E-state index in [1.54, 1.807) is 12.5 Å². The van der Waals surface area contributed by atoms with E-state index in [1.807, 2.05) is 31.3 Å². The minimum absolute atomic E-state index is 0.0898. The largest absolute Gasteiger partial charge is 0.472 e. The van der Waals surface area contributed by atoms with Gasteiger partial charge in [0.1, 0.15) is 0 Å². The lowest BCUT2D eigenvalue weighted by Gasteiger charge is -2.21. The standard InChI is InChI=1S/C14H17NO2/c1-11-7-12(9-16)3-4-14(11)15(2)8-13-5-6-17-10-13/h3-7,10,16H,8-9H2,1-2H3. The molecule has 0 aliphatic rings. The van der Waals surface area contributed by atoms with E-state index in [0.717, 1.165) is 17.7 Å². The van der Waals surface area contributed by atoms with Crippen molar-refractivity contribution in [2.75, 3.05) is 11.9 Å². The number of rotatable bonds is 4. The Kier molecular flexibility index (Phi) is 3.49. The lowest BCUT2D eigenvalue weighted by molar-refractivity contribution is 0.282. The first-order chi connectivity index (χ1) is 8.20. The minimum atomic E-state index is 0.0898. The van der Waals surface area contributed by atoms with E-state index >= 15 is 0 Å². The summed E-state index contributed by atoms with van der Waals surface area (Å²) in [7, 11) is 2.05. The summed E-state index contributed by atoms with van der Waals surface area (Å²) < 4.78 is 5.06. The molecule has 0 aliphatic carbocycles. The number of furan rings is 1. The molecule has 0 unspecified atom stereocenters. The van der Waals surface area contributed by atoms with Crippen molar-refractivity contribution in [3.05, 3.63) is 53.5 Å². The van der Waals surface area contributed by atoms with Gasteiger partial charge in [-0.05, 0) is 30.2 Å². The van der Waals surface area contributed by atoms with Crippen molar-refractivity contribution in [3.8, 4) is 0 Å². The smallest absolute Gasteiger partial charge is 0.0952 e. The topological polar surface area (TPSA) is 36.6 Å². The molecule has 0 saturated carbocycles. The van der Waals surface area contributed by atoms with Crippen molar-refractivity contribution in [3.63, 3.8) is 0 Å². The molecule has 1 heterocycles. The molecule has 0 bridgehead atoms. The summed E-state index contributed by atoms with van der Waals surface area (Å²) in [5, 5.41) is 9.07. The number of aliphatic hydroxyl groups excluding tert-OH is 1. The number of aliphatic hydroxyl groups is 1. The highest BCUT2D eigenvalue weighted by Crippen LogP contribution is 2.22. The van der Waals surface area contributed by atoms with Crippen LogP contribution in [0.2, 0.25) is 0 Å². The van der Waals surface area contributed by atoms with Gasteiger partial charge in [0.25, 0.3) is 0 Å². The molecule has 0 amide bonds. The molecule has 1 aromatic carbocycles. The molecule has 0 saturated heterocycles. The molecule has 0 atom stereocenters. The number of hydrogen-bond donors (Lipinski definition) is 1. The van der Waals surface area contributed by atoms with Crippen LogP contribution in [0.3, 0.4) is 0 Å². The van der Waals surface area contributed by atoms with Gasteiger partial charge in [0, 0.05) is 24.8 Å².